The molecule has 2 atom stereocenters. The highest BCUT2D eigenvalue weighted by atomic mass is 79.9. The van der Waals surface area contributed by atoms with E-state index in [2.05, 4.69) is 26.6 Å². The maximum Gasteiger partial charge on any atom is 0.416 e. The highest BCUT2D eigenvalue weighted by molar-refractivity contribution is 9.10. The van der Waals surface area contributed by atoms with Crippen molar-refractivity contribution < 1.29 is 22.8 Å². The molecule has 0 aromatic heterocycles. The van der Waals surface area contributed by atoms with Crippen LogP contribution in [0.4, 0.5) is 24.5 Å². The van der Waals surface area contributed by atoms with Gasteiger partial charge in [0.1, 0.15) is 0 Å². The van der Waals surface area contributed by atoms with Gasteiger partial charge in [0.25, 0.3) is 5.91 Å². The molecule has 0 aliphatic heterocycles. The summed E-state index contributed by atoms with van der Waals surface area (Å²) in [6.07, 6.45) is 2.89. The van der Waals surface area contributed by atoms with Crippen molar-refractivity contribution in [2.75, 3.05) is 10.6 Å². The van der Waals surface area contributed by atoms with E-state index in [4.69, 9.17) is 0 Å². The standard InChI is InChI=1S/C26H26BrF3N2O2/c27-25-12-16-7-17(13-25)11-24(10-16,15-25)14-22(33)31-20-5-1-3-18(8-20)23(34)32-21-6-2-4-19(9-21)26(28,29)30/h1-6,8-9,16-17H,7,10-15H2,(H,31,33)(H,32,34). The van der Waals surface area contributed by atoms with Gasteiger partial charge in [-0.25, -0.2) is 0 Å². The van der Waals surface area contributed by atoms with Crippen molar-refractivity contribution in [3.05, 3.63) is 59.7 Å². The van der Waals surface area contributed by atoms with E-state index < -0.39 is 17.6 Å². The van der Waals surface area contributed by atoms with E-state index in [0.29, 0.717) is 23.9 Å². The molecule has 2 aromatic rings. The molecule has 4 fully saturated rings. The maximum atomic E-state index is 13.0. The lowest BCUT2D eigenvalue weighted by atomic mass is 9.48. The lowest BCUT2D eigenvalue weighted by Gasteiger charge is -2.60. The minimum absolute atomic E-state index is 0.0378. The monoisotopic (exact) mass is 534 g/mol. The van der Waals surface area contributed by atoms with Gasteiger partial charge in [-0.1, -0.05) is 28.1 Å². The van der Waals surface area contributed by atoms with E-state index in [1.807, 2.05) is 0 Å². The topological polar surface area (TPSA) is 58.2 Å². The fraction of sp³-hybridized carbons (Fsp3) is 0.462. The number of amides is 2. The summed E-state index contributed by atoms with van der Waals surface area (Å²) in [5, 5.41) is 5.44. The molecular formula is C26H26BrF3N2O2. The van der Waals surface area contributed by atoms with E-state index in [-0.39, 0.29) is 26.9 Å². The molecule has 4 aliphatic rings. The summed E-state index contributed by atoms with van der Waals surface area (Å²) in [5.41, 5.74) is 0.0151. The Bertz CT molecular complexity index is 1120. The third-order valence-electron chi connectivity index (χ3n) is 7.50. The van der Waals surface area contributed by atoms with Gasteiger partial charge in [-0.2, -0.15) is 13.2 Å². The van der Waals surface area contributed by atoms with Gasteiger partial charge in [-0.3, -0.25) is 9.59 Å². The summed E-state index contributed by atoms with van der Waals surface area (Å²) in [4.78, 5) is 25.6. The molecule has 0 radical (unpaired) electrons. The number of benzene rings is 2. The van der Waals surface area contributed by atoms with Crippen molar-refractivity contribution in [3.63, 3.8) is 0 Å². The van der Waals surface area contributed by atoms with Crippen LogP contribution in [-0.2, 0) is 11.0 Å². The number of nitrogens with one attached hydrogen (secondary N) is 2. The zero-order valence-corrected chi connectivity index (χ0v) is 20.1. The average Bonchev–Trinajstić information content (AvgIpc) is 2.71. The van der Waals surface area contributed by atoms with Gasteiger partial charge in [0.05, 0.1) is 5.56 Å². The Morgan fingerprint density at radius 1 is 0.941 bits per heavy atom. The number of halogens is 4. The Morgan fingerprint density at radius 3 is 2.24 bits per heavy atom. The molecule has 4 bridgehead atoms. The smallest absolute Gasteiger partial charge is 0.326 e. The van der Waals surface area contributed by atoms with Crippen LogP contribution in [0, 0.1) is 17.3 Å². The third kappa shape index (κ3) is 4.88. The predicted molar refractivity (Wildman–Crippen MR) is 128 cm³/mol. The SMILES string of the molecule is O=C(CC12CC3CC(CC(Br)(C3)C1)C2)Nc1cccc(C(=O)Nc2cccc(C(F)(F)F)c2)c1. The Kier molecular flexibility index (Phi) is 5.78. The molecule has 0 spiro atoms. The number of alkyl halides is 4. The zero-order valence-electron chi connectivity index (χ0n) is 18.6. The van der Waals surface area contributed by atoms with Crippen LogP contribution in [0.15, 0.2) is 48.5 Å². The first-order valence-electron chi connectivity index (χ1n) is 11.6. The largest absolute Gasteiger partial charge is 0.416 e. The van der Waals surface area contributed by atoms with Gasteiger partial charge in [0.15, 0.2) is 0 Å². The van der Waals surface area contributed by atoms with Crippen molar-refractivity contribution in [2.45, 2.75) is 55.4 Å². The highest BCUT2D eigenvalue weighted by Gasteiger charge is 2.57. The van der Waals surface area contributed by atoms with Crippen molar-refractivity contribution in [3.8, 4) is 0 Å². The van der Waals surface area contributed by atoms with Crippen LogP contribution >= 0.6 is 15.9 Å². The summed E-state index contributed by atoms with van der Waals surface area (Å²) < 4.78 is 39.0. The molecule has 34 heavy (non-hydrogen) atoms. The van der Waals surface area contributed by atoms with Crippen LogP contribution < -0.4 is 10.6 Å². The molecule has 6 rings (SSSR count). The lowest BCUT2D eigenvalue weighted by molar-refractivity contribution is -0.137. The molecule has 2 aromatic carbocycles. The van der Waals surface area contributed by atoms with Gasteiger partial charge in [-0.15, -0.1) is 0 Å². The normalized spacial score (nSPS) is 29.6. The molecule has 2 amide bonds. The predicted octanol–water partition coefficient (Wildman–Crippen LogP) is 7.02. The second-order valence-electron chi connectivity index (χ2n) is 10.5. The minimum Gasteiger partial charge on any atom is -0.326 e. The summed E-state index contributed by atoms with van der Waals surface area (Å²) >= 11 is 3.98. The molecule has 2 N–H and O–H groups in total. The highest BCUT2D eigenvalue weighted by Crippen LogP contribution is 2.65. The van der Waals surface area contributed by atoms with Crippen molar-refractivity contribution in [2.24, 2.45) is 17.3 Å². The van der Waals surface area contributed by atoms with E-state index in [9.17, 15) is 22.8 Å². The summed E-state index contributed by atoms with van der Waals surface area (Å²) in [6, 6.07) is 11.0. The van der Waals surface area contributed by atoms with Gasteiger partial charge < -0.3 is 10.6 Å². The van der Waals surface area contributed by atoms with Gasteiger partial charge in [0, 0.05) is 27.7 Å². The first-order chi connectivity index (χ1) is 16.0. The van der Waals surface area contributed by atoms with Crippen LogP contribution in [0.3, 0.4) is 0 Å². The minimum atomic E-state index is -4.49. The van der Waals surface area contributed by atoms with E-state index in [0.717, 1.165) is 31.4 Å². The molecular weight excluding hydrogens is 509 g/mol. The Labute approximate surface area is 204 Å². The fourth-order valence-electron chi connectivity index (χ4n) is 6.80. The molecule has 0 heterocycles. The first kappa shape index (κ1) is 23.4. The van der Waals surface area contributed by atoms with Gasteiger partial charge >= 0.3 is 6.18 Å². The molecule has 0 saturated heterocycles. The van der Waals surface area contributed by atoms with Crippen molar-refractivity contribution in [1.82, 2.24) is 0 Å². The summed E-state index contributed by atoms with van der Waals surface area (Å²) in [6.45, 7) is 0. The second-order valence-corrected chi connectivity index (χ2v) is 12.1. The first-order valence-corrected chi connectivity index (χ1v) is 12.4. The van der Waals surface area contributed by atoms with Crippen LogP contribution in [-0.4, -0.2) is 16.1 Å². The van der Waals surface area contributed by atoms with E-state index >= 15 is 0 Å². The van der Waals surface area contributed by atoms with Crippen LogP contribution in [0.5, 0.6) is 0 Å². The van der Waals surface area contributed by atoms with Crippen LogP contribution in [0.2, 0.25) is 0 Å². The number of carbonyl (C=O) groups is 2. The zero-order chi connectivity index (χ0) is 24.1. The van der Waals surface area contributed by atoms with E-state index in [1.54, 1.807) is 24.3 Å². The molecule has 8 heteroatoms. The van der Waals surface area contributed by atoms with Crippen LogP contribution in [0.1, 0.15) is 60.9 Å². The van der Waals surface area contributed by atoms with Crippen molar-refractivity contribution >= 4 is 39.1 Å². The molecule has 180 valence electrons. The average molecular weight is 535 g/mol. The molecule has 4 nitrogen and oxygen atoms in total. The Morgan fingerprint density at radius 2 is 1.59 bits per heavy atom. The summed E-state index contributed by atoms with van der Waals surface area (Å²) in [5.74, 6) is 0.777. The Balaban J connectivity index is 1.24. The maximum absolute atomic E-state index is 13.0. The van der Waals surface area contributed by atoms with Gasteiger partial charge in [0.2, 0.25) is 5.91 Å². The number of hydrogen-bond acceptors (Lipinski definition) is 2. The number of rotatable bonds is 5. The fourth-order valence-corrected chi connectivity index (χ4v) is 8.31. The quantitative estimate of drug-likeness (QED) is 0.405. The number of anilines is 2. The third-order valence-corrected chi connectivity index (χ3v) is 8.43. The van der Waals surface area contributed by atoms with Crippen LogP contribution in [0.25, 0.3) is 0 Å². The molecule has 4 saturated carbocycles. The van der Waals surface area contributed by atoms with Crippen molar-refractivity contribution in [1.29, 1.82) is 0 Å². The molecule has 2 unspecified atom stereocenters. The Hall–Kier alpha value is -2.35. The summed E-state index contributed by atoms with van der Waals surface area (Å²) in [7, 11) is 0. The number of carbonyl (C=O) groups excluding carboxylic acids is 2. The van der Waals surface area contributed by atoms with E-state index in [1.165, 1.54) is 31.4 Å². The lowest BCUT2D eigenvalue weighted by Crippen LogP contribution is -2.53. The second kappa shape index (κ2) is 8.40. The molecule has 4 aliphatic carbocycles. The number of hydrogen-bond donors (Lipinski definition) is 2. The van der Waals surface area contributed by atoms with Gasteiger partial charge in [-0.05, 0) is 92.2 Å².